The Morgan fingerprint density at radius 1 is 1.30 bits per heavy atom. The van der Waals surface area contributed by atoms with Crippen LogP contribution >= 0.6 is 15.9 Å². The molecule has 0 saturated carbocycles. The normalized spacial score (nSPS) is 21.9. The molecule has 5 nitrogen and oxygen atoms in total. The van der Waals surface area contributed by atoms with Crippen LogP contribution < -0.4 is 5.32 Å². The van der Waals surface area contributed by atoms with Crippen molar-refractivity contribution >= 4 is 33.7 Å². The summed E-state index contributed by atoms with van der Waals surface area (Å²) in [6, 6.07) is 5.15. The molecule has 1 saturated heterocycles. The molecule has 0 radical (unpaired) electrons. The maximum Gasteiger partial charge on any atom is 0.255 e. The fourth-order valence-corrected chi connectivity index (χ4v) is 3.06. The number of nitrogens with zero attached hydrogens (tertiary/aromatic N) is 1. The average Bonchev–Trinajstić information content (AvgIpc) is 2.75. The van der Waals surface area contributed by atoms with Gasteiger partial charge in [-0.15, -0.1) is 0 Å². The summed E-state index contributed by atoms with van der Waals surface area (Å²) in [4.78, 5) is 37.0. The van der Waals surface area contributed by atoms with E-state index in [0.717, 1.165) is 16.5 Å². The topological polar surface area (TPSA) is 66.5 Å². The van der Waals surface area contributed by atoms with E-state index in [-0.39, 0.29) is 24.1 Å². The molecule has 1 aromatic carbocycles. The van der Waals surface area contributed by atoms with Crippen LogP contribution in [-0.2, 0) is 21.5 Å². The van der Waals surface area contributed by atoms with Crippen molar-refractivity contribution in [3.63, 3.8) is 0 Å². The number of amides is 3. The molecule has 3 amide bonds. The summed E-state index contributed by atoms with van der Waals surface area (Å²) < 4.78 is 0. The molecule has 1 fully saturated rings. The summed E-state index contributed by atoms with van der Waals surface area (Å²) in [5, 5.41) is 3.03. The Balaban J connectivity index is 1.86. The highest BCUT2D eigenvalue weighted by molar-refractivity contribution is 9.08. The van der Waals surface area contributed by atoms with E-state index in [1.807, 2.05) is 12.1 Å². The Morgan fingerprint density at radius 2 is 2.10 bits per heavy atom. The Labute approximate surface area is 124 Å². The summed E-state index contributed by atoms with van der Waals surface area (Å²) in [7, 11) is 0. The number of benzene rings is 1. The molecule has 1 N–H and O–H groups in total. The predicted octanol–water partition coefficient (Wildman–Crippen LogP) is 1.34. The Bertz CT molecular complexity index is 614. The van der Waals surface area contributed by atoms with Gasteiger partial charge in [-0.2, -0.15) is 0 Å². The van der Waals surface area contributed by atoms with Gasteiger partial charge < -0.3 is 4.90 Å². The minimum atomic E-state index is -0.542. The van der Waals surface area contributed by atoms with Crippen molar-refractivity contribution in [2.75, 3.05) is 0 Å². The highest BCUT2D eigenvalue weighted by Gasteiger charge is 2.38. The van der Waals surface area contributed by atoms with E-state index >= 15 is 0 Å². The van der Waals surface area contributed by atoms with Gasteiger partial charge in [0.05, 0.1) is 0 Å². The fraction of sp³-hybridized carbons (Fsp3) is 0.357. The third-order valence-electron chi connectivity index (χ3n) is 3.74. The minimum absolute atomic E-state index is 0.129. The highest BCUT2D eigenvalue weighted by Crippen LogP contribution is 2.28. The van der Waals surface area contributed by atoms with Gasteiger partial charge in [-0.3, -0.25) is 19.7 Å². The molecule has 2 aliphatic heterocycles. The number of carbonyl (C=O) groups is 3. The minimum Gasteiger partial charge on any atom is -0.322 e. The zero-order chi connectivity index (χ0) is 14.3. The molecule has 0 aromatic heterocycles. The molecule has 0 bridgehead atoms. The third kappa shape index (κ3) is 2.14. The number of nitrogens with one attached hydrogen (secondary N) is 1. The molecule has 2 heterocycles. The highest BCUT2D eigenvalue weighted by atomic mass is 79.9. The van der Waals surface area contributed by atoms with Crippen LogP contribution in [0.15, 0.2) is 18.2 Å². The van der Waals surface area contributed by atoms with Crippen LogP contribution in [0.3, 0.4) is 0 Å². The summed E-state index contributed by atoms with van der Waals surface area (Å²) >= 11 is 3.39. The van der Waals surface area contributed by atoms with Crippen molar-refractivity contribution in [1.29, 1.82) is 0 Å². The molecule has 0 spiro atoms. The Kier molecular flexibility index (Phi) is 3.33. The lowest BCUT2D eigenvalue weighted by Gasteiger charge is -2.29. The number of hydrogen-bond acceptors (Lipinski definition) is 3. The van der Waals surface area contributed by atoms with Gasteiger partial charge in [0.25, 0.3) is 5.91 Å². The lowest BCUT2D eigenvalue weighted by Crippen LogP contribution is -2.52. The average molecular weight is 337 g/mol. The number of piperidine rings is 1. The molecular formula is C14H13BrN2O3. The molecule has 1 atom stereocenters. The molecule has 6 heteroatoms. The van der Waals surface area contributed by atoms with E-state index in [2.05, 4.69) is 21.2 Å². The lowest BCUT2D eigenvalue weighted by atomic mass is 10.0. The van der Waals surface area contributed by atoms with Crippen LogP contribution in [0.25, 0.3) is 0 Å². The van der Waals surface area contributed by atoms with E-state index in [1.54, 1.807) is 11.0 Å². The summed E-state index contributed by atoms with van der Waals surface area (Å²) in [5.74, 6) is -0.768. The maximum atomic E-state index is 12.4. The molecular weight excluding hydrogens is 324 g/mol. The Hall–Kier alpha value is -1.69. The molecule has 3 rings (SSSR count). The molecule has 20 heavy (non-hydrogen) atoms. The second-order valence-corrected chi connectivity index (χ2v) is 5.59. The van der Waals surface area contributed by atoms with Gasteiger partial charge in [-0.25, -0.2) is 0 Å². The summed E-state index contributed by atoms with van der Waals surface area (Å²) in [5.41, 5.74) is 2.69. The first-order valence-electron chi connectivity index (χ1n) is 6.42. The molecule has 0 aliphatic carbocycles. The number of imide groups is 1. The van der Waals surface area contributed by atoms with Gasteiger partial charge in [0.1, 0.15) is 6.04 Å². The first-order valence-corrected chi connectivity index (χ1v) is 7.54. The number of halogens is 1. The van der Waals surface area contributed by atoms with Gasteiger partial charge in [0.2, 0.25) is 11.8 Å². The van der Waals surface area contributed by atoms with Crippen molar-refractivity contribution in [1.82, 2.24) is 10.2 Å². The quantitative estimate of drug-likeness (QED) is 0.654. The van der Waals surface area contributed by atoms with E-state index in [0.29, 0.717) is 18.5 Å². The SMILES string of the molecule is O=C1CCC(N2Cc3cc(CBr)ccc3C2=O)C(=O)N1. The molecule has 1 unspecified atom stereocenters. The summed E-state index contributed by atoms with van der Waals surface area (Å²) in [6.07, 6.45) is 0.679. The first kappa shape index (κ1) is 13.3. The number of carbonyl (C=O) groups excluding carboxylic acids is 3. The van der Waals surface area contributed by atoms with Gasteiger partial charge in [-0.05, 0) is 23.6 Å². The monoisotopic (exact) mass is 336 g/mol. The molecule has 1 aromatic rings. The number of rotatable bonds is 2. The van der Waals surface area contributed by atoms with Crippen molar-refractivity contribution < 1.29 is 14.4 Å². The van der Waals surface area contributed by atoms with Gasteiger partial charge in [0.15, 0.2) is 0 Å². The number of alkyl halides is 1. The Morgan fingerprint density at radius 3 is 2.80 bits per heavy atom. The zero-order valence-electron chi connectivity index (χ0n) is 10.7. The number of fused-ring (bicyclic) bond motifs is 1. The second-order valence-electron chi connectivity index (χ2n) is 5.03. The fourth-order valence-electron chi connectivity index (χ4n) is 2.71. The van der Waals surface area contributed by atoms with E-state index in [4.69, 9.17) is 0 Å². The van der Waals surface area contributed by atoms with Gasteiger partial charge in [0, 0.05) is 23.9 Å². The largest absolute Gasteiger partial charge is 0.322 e. The van der Waals surface area contributed by atoms with E-state index in [1.165, 1.54) is 0 Å². The van der Waals surface area contributed by atoms with E-state index in [9.17, 15) is 14.4 Å². The lowest BCUT2D eigenvalue weighted by molar-refractivity contribution is -0.136. The maximum absolute atomic E-state index is 12.4. The first-order chi connectivity index (χ1) is 9.60. The zero-order valence-corrected chi connectivity index (χ0v) is 12.3. The smallest absolute Gasteiger partial charge is 0.255 e. The number of hydrogen-bond donors (Lipinski definition) is 1. The van der Waals surface area contributed by atoms with Crippen LogP contribution in [0.1, 0.15) is 34.3 Å². The van der Waals surface area contributed by atoms with Crippen LogP contribution in [0.4, 0.5) is 0 Å². The van der Waals surface area contributed by atoms with Crippen molar-refractivity contribution in [2.24, 2.45) is 0 Å². The van der Waals surface area contributed by atoms with Crippen molar-refractivity contribution in [3.8, 4) is 0 Å². The van der Waals surface area contributed by atoms with Crippen LogP contribution in [0.2, 0.25) is 0 Å². The third-order valence-corrected chi connectivity index (χ3v) is 4.39. The standard InChI is InChI=1S/C14H13BrN2O3/c15-6-8-1-2-10-9(5-8)7-17(14(10)20)11-3-4-12(18)16-13(11)19/h1-2,5,11H,3-4,6-7H2,(H,16,18,19). The predicted molar refractivity (Wildman–Crippen MR) is 75.1 cm³/mol. The van der Waals surface area contributed by atoms with Crippen molar-refractivity contribution in [2.45, 2.75) is 30.8 Å². The van der Waals surface area contributed by atoms with Crippen LogP contribution in [-0.4, -0.2) is 28.7 Å². The van der Waals surface area contributed by atoms with Crippen LogP contribution in [0, 0.1) is 0 Å². The van der Waals surface area contributed by atoms with E-state index < -0.39 is 6.04 Å². The summed E-state index contributed by atoms with van der Waals surface area (Å²) in [6.45, 7) is 0.432. The van der Waals surface area contributed by atoms with Crippen molar-refractivity contribution in [3.05, 3.63) is 34.9 Å². The van der Waals surface area contributed by atoms with Crippen LogP contribution in [0.5, 0.6) is 0 Å². The molecule has 104 valence electrons. The molecule has 2 aliphatic rings. The van der Waals surface area contributed by atoms with Gasteiger partial charge >= 0.3 is 0 Å². The second kappa shape index (κ2) is 5.01. The van der Waals surface area contributed by atoms with Gasteiger partial charge in [-0.1, -0.05) is 28.1 Å².